The molecule has 0 radical (unpaired) electrons. The van der Waals surface area contributed by atoms with Crippen molar-refractivity contribution in [1.29, 1.82) is 0 Å². The van der Waals surface area contributed by atoms with E-state index in [1.54, 1.807) is 62.2 Å². The molecule has 0 bridgehead atoms. The predicted octanol–water partition coefficient (Wildman–Crippen LogP) is 9.66. The first-order chi connectivity index (χ1) is 41.3. The summed E-state index contributed by atoms with van der Waals surface area (Å²) in [6, 6.07) is 18.4. The first-order valence-electron chi connectivity index (χ1n) is 30.6. The van der Waals surface area contributed by atoms with Crippen LogP contribution in [0.3, 0.4) is 0 Å². The Morgan fingerprint density at radius 3 is 2.08 bits per heavy atom. The third kappa shape index (κ3) is 18.7. The molecule has 19 nitrogen and oxygen atoms in total. The monoisotopic (exact) mass is 1210 g/mol. The SMILES string of the molecule is C#CCCCCN(C(=O)[C@@H](NC(=O)[C@H]1CCCCN1C)[C@@H](C)CC)[C@H](C[C@@H](OC(C)=O)c1nc(C(=O)N[C@@H](Cc2ccc(NC(=O)[C@H](C)NC(=O)[C@@H](NC(=O)OCC3c4ccccc4-c4ccccc43)C(C)C)cc2)CC(C)(C)C(=O)O)cs1)C(C)C. The lowest BCUT2D eigenvalue weighted by Crippen LogP contribution is -2.59. The van der Waals surface area contributed by atoms with Gasteiger partial charge in [-0.05, 0) is 131 Å². The lowest BCUT2D eigenvalue weighted by Gasteiger charge is -2.40. The van der Waals surface area contributed by atoms with Crippen molar-refractivity contribution in [1.82, 2.24) is 36.1 Å². The number of piperidine rings is 1. The fourth-order valence-electron chi connectivity index (χ4n) is 11.5. The Hall–Kier alpha value is -7.63. The maximum absolute atomic E-state index is 15.0. The van der Waals surface area contributed by atoms with E-state index in [1.807, 2.05) is 88.2 Å². The number of thiazole rings is 1. The van der Waals surface area contributed by atoms with Crippen LogP contribution in [0, 0.1) is 35.5 Å². The number of amides is 6. The van der Waals surface area contributed by atoms with Crippen molar-refractivity contribution in [2.24, 2.45) is 23.2 Å². The highest BCUT2D eigenvalue weighted by Crippen LogP contribution is 2.44. The summed E-state index contributed by atoms with van der Waals surface area (Å²) in [6.07, 6.45) is 9.30. The molecule has 1 saturated heterocycles. The molecular formula is C67H90N8O11S. The van der Waals surface area contributed by atoms with Gasteiger partial charge < -0.3 is 46.1 Å². The lowest BCUT2D eigenvalue weighted by molar-refractivity contribution is -0.150. The van der Waals surface area contributed by atoms with Crippen LogP contribution in [0.4, 0.5) is 10.5 Å². The van der Waals surface area contributed by atoms with Crippen molar-refractivity contribution in [2.45, 2.75) is 182 Å². The van der Waals surface area contributed by atoms with E-state index in [4.69, 9.17) is 20.9 Å². The van der Waals surface area contributed by atoms with Crippen LogP contribution < -0.4 is 26.6 Å². The van der Waals surface area contributed by atoms with Crippen LogP contribution in [0.1, 0.15) is 171 Å². The highest BCUT2D eigenvalue weighted by atomic mass is 32.1. The Morgan fingerprint density at radius 2 is 1.49 bits per heavy atom. The average molecular weight is 1220 g/mol. The summed E-state index contributed by atoms with van der Waals surface area (Å²) in [6.45, 7) is 18.6. The first kappa shape index (κ1) is 68.5. The minimum atomic E-state index is -1.27. The van der Waals surface area contributed by atoms with E-state index in [9.17, 15) is 38.7 Å². The number of fused-ring (bicyclic) bond motifs is 3. The summed E-state index contributed by atoms with van der Waals surface area (Å²) < 4.78 is 11.7. The Kier molecular flexibility index (Phi) is 25.1. The summed E-state index contributed by atoms with van der Waals surface area (Å²) in [5.41, 5.74) is 4.16. The molecule has 6 rings (SSSR count). The van der Waals surface area contributed by atoms with Crippen molar-refractivity contribution < 1.29 is 52.9 Å². The Balaban J connectivity index is 1.11. The number of carboxylic acid groups (broad SMARTS) is 1. The van der Waals surface area contributed by atoms with Crippen LogP contribution in [-0.4, -0.2) is 130 Å². The summed E-state index contributed by atoms with van der Waals surface area (Å²) in [5.74, 6) is -1.93. The maximum atomic E-state index is 15.0. The molecule has 2 aliphatic rings. The predicted molar refractivity (Wildman–Crippen MR) is 336 cm³/mol. The Bertz CT molecular complexity index is 3040. The number of carbonyl (C=O) groups excluding carboxylic acids is 7. The zero-order valence-corrected chi connectivity index (χ0v) is 53.2. The smallest absolute Gasteiger partial charge is 0.407 e. The number of anilines is 1. The zero-order valence-electron chi connectivity index (χ0n) is 52.4. The molecular weight excluding hydrogens is 1120 g/mol. The van der Waals surface area contributed by atoms with Crippen LogP contribution in [0.5, 0.6) is 0 Å². The number of esters is 1. The maximum Gasteiger partial charge on any atom is 0.407 e. The molecule has 2 heterocycles. The van der Waals surface area contributed by atoms with Gasteiger partial charge in [0.05, 0.1) is 11.5 Å². The number of carbonyl (C=O) groups is 8. The Labute approximate surface area is 517 Å². The molecule has 0 spiro atoms. The number of alkyl carbamates (subject to hydrolysis) is 1. The van der Waals surface area contributed by atoms with E-state index in [1.165, 1.54) is 13.8 Å². The quantitative estimate of drug-likeness (QED) is 0.0162. The van der Waals surface area contributed by atoms with E-state index in [0.717, 1.165) is 53.0 Å². The molecule has 0 saturated carbocycles. The normalized spacial score (nSPS) is 16.5. The number of aliphatic carboxylic acids is 1. The second-order valence-corrected chi connectivity index (χ2v) is 25.5. The number of unbranched alkanes of at least 4 members (excludes halogenated alkanes) is 2. The fraction of sp³-hybridized carbons (Fsp3) is 0.537. The lowest BCUT2D eigenvalue weighted by atomic mass is 9.84. The molecule has 20 heteroatoms. The molecule has 0 unspecified atom stereocenters. The van der Waals surface area contributed by atoms with Gasteiger partial charge in [0.1, 0.15) is 35.4 Å². The summed E-state index contributed by atoms with van der Waals surface area (Å²) in [4.78, 5) is 117. The molecule has 4 aromatic rings. The number of hydrogen-bond donors (Lipinski definition) is 6. The van der Waals surface area contributed by atoms with Crippen molar-refractivity contribution in [3.05, 3.63) is 106 Å². The van der Waals surface area contributed by atoms with Crippen LogP contribution in [0.25, 0.3) is 11.1 Å². The van der Waals surface area contributed by atoms with Crippen molar-refractivity contribution >= 4 is 64.6 Å². The third-order valence-electron chi connectivity index (χ3n) is 16.8. The molecule has 6 amide bonds. The highest BCUT2D eigenvalue weighted by Gasteiger charge is 2.40. The van der Waals surface area contributed by atoms with Crippen LogP contribution >= 0.6 is 11.3 Å². The van der Waals surface area contributed by atoms with Gasteiger partial charge in [-0.15, -0.1) is 23.7 Å². The molecule has 6 N–H and O–H groups in total. The zero-order chi connectivity index (χ0) is 63.7. The van der Waals surface area contributed by atoms with Crippen molar-refractivity contribution in [3.8, 4) is 23.5 Å². The average Bonchev–Trinajstić information content (AvgIpc) is 1.74. The number of terminal acetylenes is 1. The number of hydrogen-bond acceptors (Lipinski definition) is 13. The number of carboxylic acids is 1. The van der Waals surface area contributed by atoms with Gasteiger partial charge in [-0.1, -0.05) is 115 Å². The van der Waals surface area contributed by atoms with Crippen LogP contribution in [-0.2, 0) is 44.7 Å². The minimum Gasteiger partial charge on any atom is -0.481 e. The third-order valence-corrected chi connectivity index (χ3v) is 17.7. The van der Waals surface area contributed by atoms with Gasteiger partial charge in [-0.25, -0.2) is 9.78 Å². The van der Waals surface area contributed by atoms with Crippen LogP contribution in [0.15, 0.2) is 78.2 Å². The van der Waals surface area contributed by atoms with E-state index in [0.29, 0.717) is 54.9 Å². The standard InChI is InChI=1S/C67H90N8O11S/c1-13-15-16-22-34-75(64(81)58(42(7)14-2)72-61(79)54-28-21-23-33-74(54)12)55(40(3)4)36-56(86-44(9)76)63-71-53(39-87-63)60(78)70-47(37-67(10,11)65(82)83)35-45-29-31-46(32-30-45)69-59(77)43(8)68-62(80)57(41(5)6)73-66(84)85-38-52-50-26-19-17-24-48(50)49-25-18-20-27-51(49)52/h1,17-20,24-27,29-32,39-43,47,52,54-58H,14-16,21-23,28,33-38H2,2-12H3,(H,68,80)(H,69,77)(H,70,78)(H,72,79)(H,73,84)(H,82,83)/t42-,43-,47-,54+,55+,56+,57-,58-/m0/s1. The van der Waals surface area contributed by atoms with Gasteiger partial charge in [-0.3, -0.25) is 38.5 Å². The number of benzene rings is 3. The number of likely N-dealkylation sites (tertiary alicyclic amines) is 1. The van der Waals surface area contributed by atoms with Crippen molar-refractivity contribution in [2.75, 3.05) is 32.1 Å². The number of nitrogens with one attached hydrogen (secondary N) is 5. The number of aromatic nitrogens is 1. The van der Waals surface area contributed by atoms with Gasteiger partial charge in [0, 0.05) is 55.4 Å². The van der Waals surface area contributed by atoms with Gasteiger partial charge in [0.15, 0.2) is 6.10 Å². The van der Waals surface area contributed by atoms with Gasteiger partial charge in [0.2, 0.25) is 23.6 Å². The van der Waals surface area contributed by atoms with Gasteiger partial charge in [-0.2, -0.15) is 0 Å². The number of rotatable bonds is 30. The van der Waals surface area contributed by atoms with Crippen LogP contribution in [0.2, 0.25) is 0 Å². The highest BCUT2D eigenvalue weighted by molar-refractivity contribution is 7.09. The second-order valence-electron chi connectivity index (χ2n) is 24.6. The number of nitrogens with zero attached hydrogens (tertiary/aromatic N) is 3. The molecule has 470 valence electrons. The van der Waals surface area contributed by atoms with E-state index in [-0.39, 0.29) is 73.1 Å². The fourth-order valence-corrected chi connectivity index (χ4v) is 12.3. The Morgan fingerprint density at radius 1 is 0.839 bits per heavy atom. The molecule has 1 aliphatic heterocycles. The number of ether oxygens (including phenoxy) is 2. The first-order valence-corrected chi connectivity index (χ1v) is 31.4. The topological polar surface area (TPSA) is 255 Å². The second kappa shape index (κ2) is 31.8. The molecule has 3 aromatic carbocycles. The van der Waals surface area contributed by atoms with E-state index >= 15 is 4.79 Å². The largest absolute Gasteiger partial charge is 0.481 e. The van der Waals surface area contributed by atoms with Gasteiger partial charge >= 0.3 is 18.0 Å². The molecule has 1 fully saturated rings. The van der Waals surface area contributed by atoms with E-state index < -0.39 is 77.5 Å². The van der Waals surface area contributed by atoms with Gasteiger partial charge in [0.25, 0.3) is 5.91 Å². The summed E-state index contributed by atoms with van der Waals surface area (Å²) >= 11 is 1.12. The minimum absolute atomic E-state index is 0.0211. The molecule has 8 atom stereocenters. The van der Waals surface area contributed by atoms with Crippen molar-refractivity contribution in [3.63, 3.8) is 0 Å². The summed E-state index contributed by atoms with van der Waals surface area (Å²) in [5, 5.41) is 26.4. The molecule has 87 heavy (non-hydrogen) atoms. The summed E-state index contributed by atoms with van der Waals surface area (Å²) in [7, 11) is 1.93. The van der Waals surface area contributed by atoms with E-state index in [2.05, 4.69) is 32.5 Å². The molecule has 1 aromatic heterocycles. The number of likely N-dealkylation sites (N-methyl/N-ethyl adjacent to an activating group) is 1. The molecule has 1 aliphatic carbocycles.